The SMILES string of the molecule is N#Cc1c(N)nc(N)nc1-c1cccc([N+](=O)[O-])c1. The van der Waals surface area contributed by atoms with E-state index in [1.54, 1.807) is 6.07 Å². The van der Waals surface area contributed by atoms with Crippen molar-refractivity contribution in [2.45, 2.75) is 0 Å². The maximum absolute atomic E-state index is 10.7. The molecule has 8 heteroatoms. The lowest BCUT2D eigenvalue weighted by molar-refractivity contribution is -0.384. The fourth-order valence-electron chi connectivity index (χ4n) is 1.58. The molecular weight excluding hydrogens is 248 g/mol. The van der Waals surface area contributed by atoms with Gasteiger partial charge in [0.15, 0.2) is 0 Å². The molecule has 94 valence electrons. The average molecular weight is 256 g/mol. The number of nitro benzene ring substituents is 1. The third-order valence-corrected chi connectivity index (χ3v) is 2.40. The van der Waals surface area contributed by atoms with Crippen molar-refractivity contribution < 1.29 is 4.92 Å². The van der Waals surface area contributed by atoms with E-state index in [0.29, 0.717) is 5.56 Å². The van der Waals surface area contributed by atoms with Crippen LogP contribution < -0.4 is 11.5 Å². The predicted octanol–water partition coefficient (Wildman–Crippen LogP) is 1.09. The number of nitro groups is 1. The van der Waals surface area contributed by atoms with E-state index in [1.165, 1.54) is 18.2 Å². The number of nitrogens with zero attached hydrogens (tertiary/aromatic N) is 4. The van der Waals surface area contributed by atoms with Crippen molar-refractivity contribution in [3.63, 3.8) is 0 Å². The van der Waals surface area contributed by atoms with Crippen LogP contribution in [-0.2, 0) is 0 Å². The Morgan fingerprint density at radius 3 is 2.68 bits per heavy atom. The topological polar surface area (TPSA) is 145 Å². The van der Waals surface area contributed by atoms with Crippen molar-refractivity contribution in [2.75, 3.05) is 11.5 Å². The Morgan fingerprint density at radius 1 is 1.32 bits per heavy atom. The molecule has 0 radical (unpaired) electrons. The third kappa shape index (κ3) is 2.25. The number of aromatic nitrogens is 2. The van der Waals surface area contributed by atoms with Gasteiger partial charge < -0.3 is 11.5 Å². The number of nitrogens with two attached hydrogens (primary N) is 2. The molecule has 0 amide bonds. The lowest BCUT2D eigenvalue weighted by Gasteiger charge is -2.06. The molecule has 0 saturated heterocycles. The molecule has 2 aromatic rings. The van der Waals surface area contributed by atoms with Crippen molar-refractivity contribution in [1.82, 2.24) is 9.97 Å². The molecule has 1 heterocycles. The van der Waals surface area contributed by atoms with Gasteiger partial charge >= 0.3 is 0 Å². The highest BCUT2D eigenvalue weighted by atomic mass is 16.6. The summed E-state index contributed by atoms with van der Waals surface area (Å²) in [5, 5.41) is 19.8. The minimum absolute atomic E-state index is 0.0368. The monoisotopic (exact) mass is 256 g/mol. The molecule has 1 aromatic heterocycles. The van der Waals surface area contributed by atoms with Gasteiger partial charge in [0.05, 0.1) is 10.6 Å². The van der Waals surface area contributed by atoms with Crippen LogP contribution in [0.2, 0.25) is 0 Å². The highest BCUT2D eigenvalue weighted by Crippen LogP contribution is 2.27. The number of nitriles is 1. The van der Waals surface area contributed by atoms with E-state index in [2.05, 4.69) is 9.97 Å². The molecule has 0 bridgehead atoms. The fourth-order valence-corrected chi connectivity index (χ4v) is 1.58. The Labute approximate surface area is 107 Å². The van der Waals surface area contributed by atoms with Gasteiger partial charge in [-0.3, -0.25) is 10.1 Å². The second-order valence-corrected chi connectivity index (χ2v) is 3.61. The van der Waals surface area contributed by atoms with Crippen molar-refractivity contribution in [3.8, 4) is 17.3 Å². The van der Waals surface area contributed by atoms with Crippen molar-refractivity contribution in [3.05, 3.63) is 39.9 Å². The van der Waals surface area contributed by atoms with Crippen molar-refractivity contribution >= 4 is 17.5 Å². The smallest absolute Gasteiger partial charge is 0.270 e. The van der Waals surface area contributed by atoms with Crippen LogP contribution in [0.15, 0.2) is 24.3 Å². The van der Waals surface area contributed by atoms with Gasteiger partial charge in [0.2, 0.25) is 5.95 Å². The predicted molar refractivity (Wildman–Crippen MR) is 67.7 cm³/mol. The summed E-state index contributed by atoms with van der Waals surface area (Å²) >= 11 is 0. The summed E-state index contributed by atoms with van der Waals surface area (Å²) in [7, 11) is 0. The fraction of sp³-hybridized carbons (Fsp3) is 0. The van der Waals surface area contributed by atoms with E-state index in [-0.39, 0.29) is 28.7 Å². The Morgan fingerprint density at radius 2 is 2.05 bits per heavy atom. The van der Waals surface area contributed by atoms with Gasteiger partial charge in [-0.15, -0.1) is 0 Å². The van der Waals surface area contributed by atoms with Gasteiger partial charge in [-0.2, -0.15) is 10.2 Å². The molecule has 0 unspecified atom stereocenters. The number of rotatable bonds is 2. The van der Waals surface area contributed by atoms with E-state index in [9.17, 15) is 10.1 Å². The lowest BCUT2D eigenvalue weighted by Crippen LogP contribution is -2.05. The summed E-state index contributed by atoms with van der Waals surface area (Å²) in [6, 6.07) is 7.56. The van der Waals surface area contributed by atoms with Crippen LogP contribution in [0.4, 0.5) is 17.5 Å². The van der Waals surface area contributed by atoms with Crippen LogP contribution in [0.1, 0.15) is 5.56 Å². The average Bonchev–Trinajstić information content (AvgIpc) is 2.38. The summed E-state index contributed by atoms with van der Waals surface area (Å²) in [6.07, 6.45) is 0. The Hall–Kier alpha value is -3.21. The van der Waals surface area contributed by atoms with Gasteiger partial charge in [0, 0.05) is 17.7 Å². The van der Waals surface area contributed by atoms with Gasteiger partial charge in [-0.05, 0) is 0 Å². The molecule has 0 fully saturated rings. The van der Waals surface area contributed by atoms with Crippen molar-refractivity contribution in [2.24, 2.45) is 0 Å². The second kappa shape index (κ2) is 4.58. The van der Waals surface area contributed by atoms with Crippen LogP contribution in [0, 0.1) is 21.4 Å². The van der Waals surface area contributed by atoms with E-state index in [1.807, 2.05) is 6.07 Å². The normalized spacial score (nSPS) is 9.84. The molecule has 4 N–H and O–H groups in total. The number of hydrogen-bond acceptors (Lipinski definition) is 7. The van der Waals surface area contributed by atoms with E-state index in [0.717, 1.165) is 0 Å². The first-order chi connectivity index (χ1) is 9.02. The molecule has 8 nitrogen and oxygen atoms in total. The third-order valence-electron chi connectivity index (χ3n) is 2.40. The number of benzene rings is 1. The highest BCUT2D eigenvalue weighted by molar-refractivity contribution is 5.74. The minimum Gasteiger partial charge on any atom is -0.382 e. The zero-order valence-electron chi connectivity index (χ0n) is 9.57. The first kappa shape index (κ1) is 12.3. The summed E-state index contributed by atoms with van der Waals surface area (Å²) in [5.41, 5.74) is 11.5. The minimum atomic E-state index is -0.538. The first-order valence-electron chi connectivity index (χ1n) is 5.11. The number of anilines is 2. The van der Waals surface area contributed by atoms with Crippen LogP contribution in [-0.4, -0.2) is 14.9 Å². The maximum Gasteiger partial charge on any atom is 0.270 e. The van der Waals surface area contributed by atoms with Gasteiger partial charge in [-0.25, -0.2) is 4.98 Å². The molecule has 0 aliphatic rings. The van der Waals surface area contributed by atoms with Crippen LogP contribution in [0.3, 0.4) is 0 Å². The molecular formula is C11H8N6O2. The Balaban J connectivity index is 2.68. The molecule has 0 aliphatic carbocycles. The maximum atomic E-state index is 10.7. The summed E-state index contributed by atoms with van der Waals surface area (Å²) < 4.78 is 0. The second-order valence-electron chi connectivity index (χ2n) is 3.61. The summed E-state index contributed by atoms with van der Waals surface area (Å²) in [5.74, 6) is -0.158. The van der Waals surface area contributed by atoms with E-state index in [4.69, 9.17) is 16.7 Å². The highest BCUT2D eigenvalue weighted by Gasteiger charge is 2.15. The van der Waals surface area contributed by atoms with Crippen LogP contribution in [0.5, 0.6) is 0 Å². The number of non-ortho nitro benzene ring substituents is 1. The first-order valence-corrected chi connectivity index (χ1v) is 5.11. The van der Waals surface area contributed by atoms with Gasteiger partial charge in [0.25, 0.3) is 5.69 Å². The molecule has 0 saturated carbocycles. The molecule has 0 aliphatic heterocycles. The summed E-state index contributed by atoms with van der Waals surface area (Å²) in [4.78, 5) is 17.8. The Kier molecular flexibility index (Phi) is 2.95. The van der Waals surface area contributed by atoms with Crippen LogP contribution >= 0.6 is 0 Å². The van der Waals surface area contributed by atoms with E-state index < -0.39 is 4.92 Å². The number of nitrogen functional groups attached to an aromatic ring is 2. The number of hydrogen-bond donors (Lipinski definition) is 2. The van der Waals surface area contributed by atoms with Gasteiger partial charge in [-0.1, -0.05) is 12.1 Å². The van der Waals surface area contributed by atoms with E-state index >= 15 is 0 Å². The van der Waals surface area contributed by atoms with Gasteiger partial charge in [0.1, 0.15) is 17.5 Å². The summed E-state index contributed by atoms with van der Waals surface area (Å²) in [6.45, 7) is 0. The molecule has 19 heavy (non-hydrogen) atoms. The zero-order chi connectivity index (χ0) is 14.0. The molecule has 0 spiro atoms. The molecule has 1 aromatic carbocycles. The van der Waals surface area contributed by atoms with Crippen molar-refractivity contribution in [1.29, 1.82) is 5.26 Å². The van der Waals surface area contributed by atoms with Crippen LogP contribution in [0.25, 0.3) is 11.3 Å². The molecule has 0 atom stereocenters. The molecule has 2 rings (SSSR count). The largest absolute Gasteiger partial charge is 0.382 e. The zero-order valence-corrected chi connectivity index (χ0v) is 9.57. The Bertz CT molecular complexity index is 707. The quantitative estimate of drug-likeness (QED) is 0.604. The standard InChI is InChI=1S/C11H8N6O2/c12-5-8-9(15-11(14)16-10(8)13)6-2-1-3-7(4-6)17(18)19/h1-4H,(H4,13,14,15,16). The lowest BCUT2D eigenvalue weighted by atomic mass is 10.1.